The van der Waals surface area contributed by atoms with Crippen molar-refractivity contribution in [3.63, 3.8) is 0 Å². The van der Waals surface area contributed by atoms with Gasteiger partial charge in [0.2, 0.25) is 0 Å². The first-order valence-corrected chi connectivity index (χ1v) is 9.41. The van der Waals surface area contributed by atoms with Crippen LogP contribution in [0.1, 0.15) is 37.7 Å². The lowest BCUT2D eigenvalue weighted by molar-refractivity contribution is -0.139. The Labute approximate surface area is 141 Å². The first-order chi connectivity index (χ1) is 11.3. The highest BCUT2D eigenvalue weighted by Gasteiger charge is 2.54. The lowest BCUT2D eigenvalue weighted by Gasteiger charge is -2.45. The second kappa shape index (κ2) is 5.73. The average Bonchev–Trinajstić information content (AvgIpc) is 2.54. The van der Waals surface area contributed by atoms with Crippen LogP contribution in [0.2, 0.25) is 0 Å². The van der Waals surface area contributed by atoms with Gasteiger partial charge in [-0.1, -0.05) is 37.0 Å². The maximum absolute atomic E-state index is 13.1. The van der Waals surface area contributed by atoms with Crippen molar-refractivity contribution < 1.29 is 18.0 Å². The summed E-state index contributed by atoms with van der Waals surface area (Å²) in [4.78, 5) is 25.3. The molecule has 1 amide bonds. The van der Waals surface area contributed by atoms with Crippen LogP contribution in [0.5, 0.6) is 0 Å². The van der Waals surface area contributed by atoms with Gasteiger partial charge in [0.1, 0.15) is 11.2 Å². The molecule has 1 fully saturated rings. The van der Waals surface area contributed by atoms with E-state index >= 15 is 0 Å². The van der Waals surface area contributed by atoms with E-state index in [0.717, 1.165) is 22.4 Å². The molecular weight excluding hydrogens is 328 g/mol. The van der Waals surface area contributed by atoms with Crippen LogP contribution in [0.25, 0.3) is 0 Å². The van der Waals surface area contributed by atoms with Gasteiger partial charge in [0.15, 0.2) is 5.78 Å². The van der Waals surface area contributed by atoms with Gasteiger partial charge in [-0.15, -0.1) is 0 Å². The number of nitrogens with two attached hydrogens (primary N) is 1. The van der Waals surface area contributed by atoms with Crippen LogP contribution in [0.15, 0.2) is 40.9 Å². The molecule has 2 N–H and O–H groups in total. The second-order valence-electron chi connectivity index (χ2n) is 6.44. The molecule has 24 heavy (non-hydrogen) atoms. The summed E-state index contributed by atoms with van der Waals surface area (Å²) in [5.41, 5.74) is 4.88. The Morgan fingerprint density at radius 2 is 1.62 bits per heavy atom. The summed E-state index contributed by atoms with van der Waals surface area (Å²) in [6.07, 6.45) is 4.09. The van der Waals surface area contributed by atoms with E-state index in [-0.39, 0.29) is 10.6 Å². The van der Waals surface area contributed by atoms with E-state index in [9.17, 15) is 18.0 Å². The van der Waals surface area contributed by atoms with E-state index in [1.54, 1.807) is 12.1 Å². The maximum atomic E-state index is 13.1. The van der Waals surface area contributed by atoms with Gasteiger partial charge in [0.05, 0.1) is 4.90 Å². The Kier molecular flexibility index (Phi) is 3.99. The van der Waals surface area contributed by atoms with Crippen molar-refractivity contribution in [3.05, 3.63) is 41.6 Å². The summed E-state index contributed by atoms with van der Waals surface area (Å²) in [6.45, 7) is 1.84. The molecule has 3 rings (SSSR count). The molecule has 0 radical (unpaired) electrons. The molecule has 0 saturated heterocycles. The third-order valence-electron chi connectivity index (χ3n) is 4.81. The van der Waals surface area contributed by atoms with E-state index in [1.165, 1.54) is 12.1 Å². The lowest BCUT2D eigenvalue weighted by atomic mass is 9.76. The van der Waals surface area contributed by atoms with Gasteiger partial charge in [-0.05, 0) is 31.9 Å². The van der Waals surface area contributed by atoms with E-state index in [2.05, 4.69) is 0 Å². The lowest BCUT2D eigenvalue weighted by Crippen LogP contribution is -2.63. The molecule has 1 aromatic carbocycles. The quantitative estimate of drug-likeness (QED) is 0.876. The fourth-order valence-electron chi connectivity index (χ4n) is 3.49. The standard InChI is InChI=1S/C17H20N2O4S/c1-12-5-7-13(8-6-12)24(22,23)19-16(21)14(18)11-15(20)17(19)9-3-2-4-10-17/h5-8,11H,2-4,9-10,18H2,1H3. The van der Waals surface area contributed by atoms with Crippen molar-refractivity contribution in [2.45, 2.75) is 49.5 Å². The molecule has 1 aliphatic carbocycles. The number of aryl methyl sites for hydroxylation is 1. The first-order valence-electron chi connectivity index (χ1n) is 7.97. The number of benzene rings is 1. The van der Waals surface area contributed by atoms with Crippen LogP contribution < -0.4 is 5.73 Å². The van der Waals surface area contributed by atoms with Crippen molar-refractivity contribution in [1.29, 1.82) is 0 Å². The van der Waals surface area contributed by atoms with Crippen molar-refractivity contribution >= 4 is 21.7 Å². The zero-order valence-electron chi connectivity index (χ0n) is 13.5. The fourth-order valence-corrected chi connectivity index (χ4v) is 5.24. The van der Waals surface area contributed by atoms with Crippen molar-refractivity contribution in [3.8, 4) is 0 Å². The summed E-state index contributed by atoms with van der Waals surface area (Å²) in [5, 5.41) is 0. The van der Waals surface area contributed by atoms with Gasteiger partial charge in [-0.25, -0.2) is 12.7 Å². The third-order valence-corrected chi connectivity index (χ3v) is 6.67. The highest BCUT2D eigenvalue weighted by Crippen LogP contribution is 2.41. The summed E-state index contributed by atoms with van der Waals surface area (Å²) < 4.78 is 27.0. The third kappa shape index (κ3) is 2.43. The highest BCUT2D eigenvalue weighted by atomic mass is 32.2. The van der Waals surface area contributed by atoms with Crippen LogP contribution >= 0.6 is 0 Å². The maximum Gasteiger partial charge on any atom is 0.284 e. The van der Waals surface area contributed by atoms with Crippen LogP contribution in [0.3, 0.4) is 0 Å². The monoisotopic (exact) mass is 348 g/mol. The predicted octanol–water partition coefficient (Wildman–Crippen LogP) is 1.64. The predicted molar refractivity (Wildman–Crippen MR) is 88.3 cm³/mol. The normalized spacial score (nSPS) is 21.0. The number of carbonyl (C=O) groups is 2. The smallest absolute Gasteiger partial charge is 0.284 e. The van der Waals surface area contributed by atoms with Gasteiger partial charge >= 0.3 is 0 Å². The van der Waals surface area contributed by atoms with Gasteiger partial charge in [0.25, 0.3) is 15.9 Å². The van der Waals surface area contributed by atoms with Crippen LogP contribution in [0, 0.1) is 6.92 Å². The molecule has 1 spiro atoms. The SMILES string of the molecule is Cc1ccc(S(=O)(=O)N2C(=O)C(N)=CC(=O)C23CCCCC3)cc1. The topological polar surface area (TPSA) is 97.5 Å². The number of hydrogen-bond acceptors (Lipinski definition) is 5. The Morgan fingerprint density at radius 1 is 1.04 bits per heavy atom. The summed E-state index contributed by atoms with van der Waals surface area (Å²) >= 11 is 0. The second-order valence-corrected chi connectivity index (χ2v) is 8.23. The van der Waals surface area contributed by atoms with Gasteiger partial charge in [0, 0.05) is 6.08 Å². The van der Waals surface area contributed by atoms with Gasteiger partial charge < -0.3 is 5.73 Å². The Bertz CT molecular complexity index is 819. The van der Waals surface area contributed by atoms with Gasteiger partial charge in [-0.2, -0.15) is 0 Å². The molecule has 1 saturated carbocycles. The summed E-state index contributed by atoms with van der Waals surface area (Å²) in [7, 11) is -4.16. The van der Waals surface area contributed by atoms with Crippen molar-refractivity contribution in [1.82, 2.24) is 4.31 Å². The molecule has 0 bridgehead atoms. The summed E-state index contributed by atoms with van der Waals surface area (Å²) in [5.74, 6) is -1.20. The minimum absolute atomic E-state index is 0.00565. The average molecular weight is 348 g/mol. The highest BCUT2D eigenvalue weighted by molar-refractivity contribution is 7.89. The van der Waals surface area contributed by atoms with E-state index < -0.39 is 27.3 Å². The fraction of sp³-hybridized carbons (Fsp3) is 0.412. The van der Waals surface area contributed by atoms with Crippen molar-refractivity contribution in [2.24, 2.45) is 5.73 Å². The molecule has 0 aromatic heterocycles. The Morgan fingerprint density at radius 3 is 2.21 bits per heavy atom. The number of nitrogens with zero attached hydrogens (tertiary/aromatic N) is 1. The molecule has 1 aliphatic heterocycles. The number of ketones is 1. The van der Waals surface area contributed by atoms with Crippen LogP contribution in [-0.4, -0.2) is 30.0 Å². The molecule has 2 aliphatic rings. The number of amides is 1. The number of rotatable bonds is 2. The molecular formula is C17H20N2O4S. The zero-order valence-corrected chi connectivity index (χ0v) is 14.3. The van der Waals surface area contributed by atoms with Crippen LogP contribution in [-0.2, 0) is 19.6 Å². The van der Waals surface area contributed by atoms with E-state index in [1.807, 2.05) is 6.92 Å². The molecule has 7 heteroatoms. The molecule has 0 atom stereocenters. The largest absolute Gasteiger partial charge is 0.394 e. The van der Waals surface area contributed by atoms with Gasteiger partial charge in [-0.3, -0.25) is 9.59 Å². The number of carbonyl (C=O) groups excluding carboxylic acids is 2. The van der Waals surface area contributed by atoms with E-state index in [4.69, 9.17) is 5.73 Å². The molecule has 0 unspecified atom stereocenters. The van der Waals surface area contributed by atoms with E-state index in [0.29, 0.717) is 25.7 Å². The van der Waals surface area contributed by atoms with Crippen LogP contribution in [0.4, 0.5) is 0 Å². The molecule has 1 heterocycles. The number of hydrogen-bond donors (Lipinski definition) is 1. The van der Waals surface area contributed by atoms with Crippen molar-refractivity contribution in [2.75, 3.05) is 0 Å². The Hall–Kier alpha value is -2.15. The minimum Gasteiger partial charge on any atom is -0.394 e. The molecule has 6 nitrogen and oxygen atoms in total. The molecule has 128 valence electrons. The minimum atomic E-state index is -4.16. The Balaban J connectivity index is 2.17. The number of sulfonamides is 1. The summed E-state index contributed by atoms with van der Waals surface area (Å²) in [6, 6.07) is 6.23. The first kappa shape index (κ1) is 16.7. The zero-order chi connectivity index (χ0) is 17.5. The molecule has 1 aromatic rings.